The van der Waals surface area contributed by atoms with Crippen molar-refractivity contribution in [2.45, 2.75) is 13.8 Å². The maximum Gasteiger partial charge on any atom is 0.212 e. The lowest BCUT2D eigenvalue weighted by atomic mass is 10.0. The zero-order valence-electron chi connectivity index (χ0n) is 16.2. The van der Waals surface area contributed by atoms with E-state index in [2.05, 4.69) is 20.6 Å². The second kappa shape index (κ2) is 8.39. The molecule has 0 saturated heterocycles. The average molecular weight is 376 g/mol. The SMILES string of the molecule is COc1ccc(C2=CNC3=CC=C(N=C(N)C=C(C=N)C(C)C)NC3=C2)cn1. The van der Waals surface area contributed by atoms with Crippen molar-refractivity contribution in [2.75, 3.05) is 7.11 Å². The van der Waals surface area contributed by atoms with Crippen LogP contribution in [0.3, 0.4) is 0 Å². The number of fused-ring (bicyclic) bond motifs is 1. The lowest BCUT2D eigenvalue weighted by Gasteiger charge is -2.23. The van der Waals surface area contributed by atoms with Crippen molar-refractivity contribution >= 4 is 17.6 Å². The molecule has 144 valence electrons. The first-order valence-electron chi connectivity index (χ1n) is 8.94. The molecule has 2 aliphatic rings. The molecule has 0 aliphatic carbocycles. The summed E-state index contributed by atoms with van der Waals surface area (Å²) in [5, 5.41) is 14.0. The van der Waals surface area contributed by atoms with Gasteiger partial charge in [-0.05, 0) is 41.9 Å². The van der Waals surface area contributed by atoms with E-state index < -0.39 is 0 Å². The fraction of sp³-hybridized carbons (Fsp3) is 0.190. The van der Waals surface area contributed by atoms with Gasteiger partial charge >= 0.3 is 0 Å². The number of nitrogens with two attached hydrogens (primary N) is 1. The Morgan fingerprint density at radius 3 is 2.75 bits per heavy atom. The maximum absolute atomic E-state index is 7.47. The first-order chi connectivity index (χ1) is 13.5. The molecular weight excluding hydrogens is 352 g/mol. The Morgan fingerprint density at radius 2 is 2.11 bits per heavy atom. The summed E-state index contributed by atoms with van der Waals surface area (Å²) in [5.74, 6) is 1.77. The highest BCUT2D eigenvalue weighted by Crippen LogP contribution is 2.25. The number of ether oxygens (including phenoxy) is 1. The molecule has 0 aromatic carbocycles. The van der Waals surface area contributed by atoms with Crippen LogP contribution in [0.25, 0.3) is 5.57 Å². The van der Waals surface area contributed by atoms with E-state index >= 15 is 0 Å². The molecule has 28 heavy (non-hydrogen) atoms. The van der Waals surface area contributed by atoms with Crippen LogP contribution >= 0.6 is 0 Å². The van der Waals surface area contributed by atoms with Gasteiger partial charge in [-0.3, -0.25) is 0 Å². The van der Waals surface area contributed by atoms with Crippen LogP contribution in [0.4, 0.5) is 0 Å². The lowest BCUT2D eigenvalue weighted by molar-refractivity contribution is 0.398. The number of methoxy groups -OCH3 is 1. The second-order valence-corrected chi connectivity index (χ2v) is 6.63. The number of amidine groups is 1. The van der Waals surface area contributed by atoms with Crippen LogP contribution in [0.15, 0.2) is 76.6 Å². The van der Waals surface area contributed by atoms with Gasteiger partial charge in [-0.25, -0.2) is 9.98 Å². The number of rotatable bonds is 6. The van der Waals surface area contributed by atoms with Crippen LogP contribution in [0.5, 0.6) is 5.88 Å². The van der Waals surface area contributed by atoms with Crippen molar-refractivity contribution in [3.63, 3.8) is 0 Å². The van der Waals surface area contributed by atoms with Gasteiger partial charge in [-0.15, -0.1) is 0 Å². The third-order valence-corrected chi connectivity index (χ3v) is 4.32. The first kappa shape index (κ1) is 19.2. The summed E-state index contributed by atoms with van der Waals surface area (Å²) < 4.78 is 5.11. The number of dihydropyridines is 2. The molecule has 1 aromatic rings. The summed E-state index contributed by atoms with van der Waals surface area (Å²) in [5.41, 5.74) is 10.6. The third kappa shape index (κ3) is 4.37. The fourth-order valence-corrected chi connectivity index (χ4v) is 2.71. The molecule has 0 amide bonds. The number of nitrogens with zero attached hydrogens (tertiary/aromatic N) is 2. The van der Waals surface area contributed by atoms with E-state index in [1.165, 1.54) is 6.21 Å². The minimum Gasteiger partial charge on any atom is -0.481 e. The molecule has 1 aromatic heterocycles. The highest BCUT2D eigenvalue weighted by atomic mass is 16.5. The third-order valence-electron chi connectivity index (χ3n) is 4.32. The quantitative estimate of drug-likeness (QED) is 0.451. The van der Waals surface area contributed by atoms with Crippen LogP contribution in [-0.4, -0.2) is 24.1 Å². The van der Waals surface area contributed by atoms with Crippen molar-refractivity contribution < 1.29 is 4.74 Å². The first-order valence-corrected chi connectivity index (χ1v) is 8.94. The highest BCUT2D eigenvalue weighted by Gasteiger charge is 2.16. The maximum atomic E-state index is 7.47. The summed E-state index contributed by atoms with van der Waals surface area (Å²) >= 11 is 0. The second-order valence-electron chi connectivity index (χ2n) is 6.63. The molecule has 0 spiro atoms. The van der Waals surface area contributed by atoms with Crippen LogP contribution in [0.1, 0.15) is 19.4 Å². The van der Waals surface area contributed by atoms with Gasteiger partial charge in [-0.2, -0.15) is 0 Å². The van der Waals surface area contributed by atoms with Crippen LogP contribution < -0.4 is 21.1 Å². The van der Waals surface area contributed by atoms with E-state index in [4.69, 9.17) is 15.9 Å². The Hall–Kier alpha value is -3.61. The van der Waals surface area contributed by atoms with E-state index in [0.29, 0.717) is 17.5 Å². The Morgan fingerprint density at radius 1 is 1.29 bits per heavy atom. The minimum atomic E-state index is 0.210. The molecule has 5 N–H and O–H groups in total. The summed E-state index contributed by atoms with van der Waals surface area (Å²) in [7, 11) is 1.59. The van der Waals surface area contributed by atoms with Gasteiger partial charge in [-0.1, -0.05) is 13.8 Å². The standard InChI is InChI=1S/C21H24N6O/c1-13(2)15(10-22)9-19(23)27-20-6-5-17-18(26-20)8-16(12-24-17)14-4-7-21(28-3)25-11-14/h4-13,22,24,26H,1-3H3,(H2,23,27). The van der Waals surface area contributed by atoms with Crippen molar-refractivity contribution in [1.29, 1.82) is 5.41 Å². The number of hydrogen-bond acceptors (Lipinski definition) is 6. The van der Waals surface area contributed by atoms with Crippen molar-refractivity contribution in [2.24, 2.45) is 16.6 Å². The Bertz CT molecular complexity index is 946. The van der Waals surface area contributed by atoms with E-state index in [9.17, 15) is 0 Å². The van der Waals surface area contributed by atoms with E-state index in [1.54, 1.807) is 19.4 Å². The monoisotopic (exact) mass is 376 g/mol. The number of pyridine rings is 1. The van der Waals surface area contributed by atoms with E-state index in [-0.39, 0.29) is 5.92 Å². The van der Waals surface area contributed by atoms with Gasteiger partial charge in [0.2, 0.25) is 5.88 Å². The van der Waals surface area contributed by atoms with Crippen LogP contribution in [0, 0.1) is 11.3 Å². The van der Waals surface area contributed by atoms with E-state index in [0.717, 1.165) is 28.1 Å². The normalized spacial score (nSPS) is 16.7. The Kier molecular flexibility index (Phi) is 5.74. The summed E-state index contributed by atoms with van der Waals surface area (Å²) in [4.78, 5) is 8.67. The molecule has 7 nitrogen and oxygen atoms in total. The number of nitrogens with one attached hydrogen (secondary N) is 3. The van der Waals surface area contributed by atoms with Crippen LogP contribution in [0.2, 0.25) is 0 Å². The predicted molar refractivity (Wildman–Crippen MR) is 113 cm³/mol. The number of aliphatic imine (C=N–C) groups is 1. The molecule has 3 heterocycles. The molecular formula is C21H24N6O. The molecule has 0 atom stereocenters. The topological polar surface area (TPSA) is 108 Å². The van der Waals surface area contributed by atoms with Gasteiger partial charge < -0.3 is 26.5 Å². The summed E-state index contributed by atoms with van der Waals surface area (Å²) in [6.07, 6.45) is 12.5. The summed E-state index contributed by atoms with van der Waals surface area (Å²) in [6.45, 7) is 4.02. The van der Waals surface area contributed by atoms with Gasteiger partial charge in [0.25, 0.3) is 0 Å². The molecule has 0 fully saturated rings. The zero-order valence-corrected chi connectivity index (χ0v) is 16.2. The van der Waals surface area contributed by atoms with Gasteiger partial charge in [0.1, 0.15) is 11.7 Å². The molecule has 0 radical (unpaired) electrons. The van der Waals surface area contributed by atoms with E-state index in [1.807, 2.05) is 50.4 Å². The fourth-order valence-electron chi connectivity index (χ4n) is 2.71. The number of aromatic nitrogens is 1. The number of allylic oxidation sites excluding steroid dienone is 5. The van der Waals surface area contributed by atoms with Gasteiger partial charge in [0, 0.05) is 35.8 Å². The Balaban J connectivity index is 1.79. The van der Waals surface area contributed by atoms with Gasteiger partial charge in [0.15, 0.2) is 0 Å². The van der Waals surface area contributed by atoms with Crippen molar-refractivity contribution in [3.05, 3.63) is 77.2 Å². The zero-order chi connectivity index (χ0) is 20.1. The molecule has 2 aliphatic heterocycles. The van der Waals surface area contributed by atoms with Gasteiger partial charge in [0.05, 0.1) is 18.5 Å². The van der Waals surface area contributed by atoms with Crippen LogP contribution in [-0.2, 0) is 0 Å². The molecule has 0 bridgehead atoms. The number of hydrogen-bond donors (Lipinski definition) is 4. The predicted octanol–water partition coefficient (Wildman–Crippen LogP) is 2.84. The summed E-state index contributed by atoms with van der Waals surface area (Å²) in [6, 6.07) is 3.78. The Labute approximate surface area is 164 Å². The molecule has 3 rings (SSSR count). The van der Waals surface area contributed by atoms with Crippen molar-refractivity contribution in [3.8, 4) is 5.88 Å². The smallest absolute Gasteiger partial charge is 0.212 e. The minimum absolute atomic E-state index is 0.210. The lowest BCUT2D eigenvalue weighted by Crippen LogP contribution is -2.26. The molecule has 7 heteroatoms. The largest absolute Gasteiger partial charge is 0.481 e. The van der Waals surface area contributed by atoms with Crippen molar-refractivity contribution in [1.82, 2.24) is 15.6 Å². The average Bonchev–Trinajstić information content (AvgIpc) is 2.71. The molecule has 0 saturated carbocycles. The molecule has 0 unspecified atom stereocenters. The highest BCUT2D eigenvalue weighted by molar-refractivity contribution is 5.97.